The van der Waals surface area contributed by atoms with Crippen LogP contribution in [-0.4, -0.2) is 28.3 Å². The van der Waals surface area contributed by atoms with E-state index >= 15 is 0 Å². The van der Waals surface area contributed by atoms with Gasteiger partial charge < -0.3 is 10.2 Å². The molecule has 1 aliphatic heterocycles. The molecule has 6 nitrogen and oxygen atoms in total. The van der Waals surface area contributed by atoms with Gasteiger partial charge in [0.25, 0.3) is 11.8 Å². The van der Waals surface area contributed by atoms with Crippen molar-refractivity contribution in [1.82, 2.24) is 15.3 Å². The third-order valence-electron chi connectivity index (χ3n) is 4.76. The molecule has 1 N–H and O–H groups in total. The number of carbonyl (C=O) groups excluding carboxylic acids is 2. The Hall–Kier alpha value is -3.54. The highest BCUT2D eigenvalue weighted by Crippen LogP contribution is 2.27. The lowest BCUT2D eigenvalue weighted by Gasteiger charge is -2.29. The number of carbonyl (C=O) groups is 2. The summed E-state index contributed by atoms with van der Waals surface area (Å²) in [4.78, 5) is 35.5. The Kier molecular flexibility index (Phi) is 5.10. The molecule has 0 unspecified atom stereocenters. The predicted molar refractivity (Wildman–Crippen MR) is 106 cm³/mol. The van der Waals surface area contributed by atoms with Gasteiger partial charge in [0, 0.05) is 31.2 Å². The fourth-order valence-electron chi connectivity index (χ4n) is 3.34. The molecule has 1 aliphatic rings. The summed E-state index contributed by atoms with van der Waals surface area (Å²) in [6.07, 6.45) is 5.23. The van der Waals surface area contributed by atoms with Gasteiger partial charge in [-0.2, -0.15) is 0 Å². The molecule has 0 spiro atoms. The fourth-order valence-corrected chi connectivity index (χ4v) is 3.34. The lowest BCUT2D eigenvalue weighted by molar-refractivity contribution is 0.0945. The summed E-state index contributed by atoms with van der Waals surface area (Å²) in [5.41, 5.74) is 3.53. The Morgan fingerprint density at radius 3 is 2.61 bits per heavy atom. The Morgan fingerprint density at radius 1 is 0.964 bits per heavy atom. The second kappa shape index (κ2) is 8.00. The Balaban J connectivity index is 1.51. The maximum absolute atomic E-state index is 13.0. The van der Waals surface area contributed by atoms with Crippen LogP contribution in [0.4, 0.5) is 5.69 Å². The Bertz CT molecular complexity index is 1000. The minimum absolute atomic E-state index is 0.184. The van der Waals surface area contributed by atoms with Crippen molar-refractivity contribution in [2.75, 3.05) is 11.4 Å². The highest BCUT2D eigenvalue weighted by molar-refractivity contribution is 6.06. The van der Waals surface area contributed by atoms with E-state index in [0.29, 0.717) is 13.1 Å². The highest BCUT2D eigenvalue weighted by Gasteiger charge is 2.24. The number of para-hydroxylation sites is 1. The topological polar surface area (TPSA) is 75.2 Å². The van der Waals surface area contributed by atoms with E-state index in [2.05, 4.69) is 15.3 Å². The van der Waals surface area contributed by atoms with Crippen LogP contribution in [-0.2, 0) is 13.0 Å². The molecule has 0 aliphatic carbocycles. The monoisotopic (exact) mass is 372 g/mol. The van der Waals surface area contributed by atoms with Crippen molar-refractivity contribution >= 4 is 17.5 Å². The second-order valence-electron chi connectivity index (χ2n) is 6.64. The first-order valence-corrected chi connectivity index (χ1v) is 9.26. The van der Waals surface area contributed by atoms with Crippen molar-refractivity contribution in [2.45, 2.75) is 19.4 Å². The van der Waals surface area contributed by atoms with Gasteiger partial charge in [-0.15, -0.1) is 0 Å². The van der Waals surface area contributed by atoms with Crippen LogP contribution in [0.3, 0.4) is 0 Å². The van der Waals surface area contributed by atoms with Crippen LogP contribution in [0.2, 0.25) is 0 Å². The first kappa shape index (κ1) is 17.9. The normalized spacial score (nSPS) is 12.9. The van der Waals surface area contributed by atoms with E-state index in [0.717, 1.165) is 29.7 Å². The van der Waals surface area contributed by atoms with E-state index in [1.54, 1.807) is 35.5 Å². The van der Waals surface area contributed by atoms with Crippen molar-refractivity contribution < 1.29 is 9.59 Å². The van der Waals surface area contributed by atoms with Crippen LogP contribution in [0.15, 0.2) is 67.0 Å². The SMILES string of the molecule is O=C(NCc1ccncc1)c1cccc(C(=O)N2CCCc3ccccc32)n1. The van der Waals surface area contributed by atoms with Gasteiger partial charge in [0.05, 0.1) is 0 Å². The molecule has 0 radical (unpaired) electrons. The summed E-state index contributed by atoms with van der Waals surface area (Å²) >= 11 is 0. The zero-order chi connectivity index (χ0) is 19.3. The summed E-state index contributed by atoms with van der Waals surface area (Å²) in [7, 11) is 0. The minimum atomic E-state index is -0.314. The number of anilines is 1. The predicted octanol–water partition coefficient (Wildman–Crippen LogP) is 3.00. The standard InChI is InChI=1S/C22H20N4O2/c27-21(24-15-16-10-12-23-13-11-16)18-7-3-8-19(25-18)22(28)26-14-4-6-17-5-1-2-9-20(17)26/h1-3,5,7-13H,4,6,14-15H2,(H,24,27). The third kappa shape index (κ3) is 3.76. The minimum Gasteiger partial charge on any atom is -0.347 e. The molecule has 0 atom stereocenters. The van der Waals surface area contributed by atoms with Gasteiger partial charge in [0.2, 0.25) is 0 Å². The number of aryl methyl sites for hydroxylation is 1. The number of rotatable bonds is 4. The molecular formula is C22H20N4O2. The zero-order valence-electron chi connectivity index (χ0n) is 15.3. The lowest BCUT2D eigenvalue weighted by atomic mass is 10.0. The molecule has 0 saturated carbocycles. The second-order valence-corrected chi connectivity index (χ2v) is 6.64. The molecule has 0 saturated heterocycles. The van der Waals surface area contributed by atoms with Gasteiger partial charge in [0.1, 0.15) is 11.4 Å². The largest absolute Gasteiger partial charge is 0.347 e. The van der Waals surface area contributed by atoms with Gasteiger partial charge in [-0.1, -0.05) is 24.3 Å². The van der Waals surface area contributed by atoms with Crippen LogP contribution >= 0.6 is 0 Å². The molecule has 4 rings (SSSR count). The molecule has 140 valence electrons. The van der Waals surface area contributed by atoms with Crippen LogP contribution in [0.25, 0.3) is 0 Å². The lowest BCUT2D eigenvalue weighted by Crippen LogP contribution is -2.36. The number of fused-ring (bicyclic) bond motifs is 1. The quantitative estimate of drug-likeness (QED) is 0.764. The summed E-state index contributed by atoms with van der Waals surface area (Å²) in [5.74, 6) is -0.499. The van der Waals surface area contributed by atoms with Crippen LogP contribution in [0.1, 0.15) is 38.5 Å². The molecule has 6 heteroatoms. The molecule has 3 aromatic rings. The van der Waals surface area contributed by atoms with Crippen LogP contribution in [0.5, 0.6) is 0 Å². The average molecular weight is 372 g/mol. The molecule has 0 bridgehead atoms. The average Bonchev–Trinajstić information content (AvgIpc) is 2.77. The number of amides is 2. The van der Waals surface area contributed by atoms with E-state index in [4.69, 9.17) is 0 Å². The highest BCUT2D eigenvalue weighted by atomic mass is 16.2. The van der Waals surface area contributed by atoms with E-state index in [9.17, 15) is 9.59 Å². The first-order valence-electron chi connectivity index (χ1n) is 9.26. The fraction of sp³-hybridized carbons (Fsp3) is 0.182. The summed E-state index contributed by atoms with van der Waals surface area (Å²) in [6.45, 7) is 1.02. The van der Waals surface area contributed by atoms with Crippen LogP contribution < -0.4 is 10.2 Å². The number of pyridine rings is 2. The van der Waals surface area contributed by atoms with Crippen molar-refractivity contribution in [3.8, 4) is 0 Å². The van der Waals surface area contributed by atoms with Gasteiger partial charge in [-0.3, -0.25) is 14.6 Å². The van der Waals surface area contributed by atoms with Gasteiger partial charge in [-0.05, 0) is 54.3 Å². The van der Waals surface area contributed by atoms with E-state index in [-0.39, 0.29) is 23.2 Å². The number of aromatic nitrogens is 2. The van der Waals surface area contributed by atoms with Crippen molar-refractivity contribution in [3.63, 3.8) is 0 Å². The van der Waals surface area contributed by atoms with Gasteiger partial charge >= 0.3 is 0 Å². The van der Waals surface area contributed by atoms with Gasteiger partial charge in [0.15, 0.2) is 0 Å². The molecule has 28 heavy (non-hydrogen) atoms. The van der Waals surface area contributed by atoms with E-state index < -0.39 is 0 Å². The number of hydrogen-bond acceptors (Lipinski definition) is 4. The molecule has 3 heterocycles. The Labute approximate surface area is 163 Å². The van der Waals surface area contributed by atoms with Crippen molar-refractivity contribution in [3.05, 3.63) is 89.5 Å². The van der Waals surface area contributed by atoms with Crippen molar-refractivity contribution in [2.24, 2.45) is 0 Å². The first-order chi connectivity index (χ1) is 13.7. The molecule has 1 aromatic carbocycles. The maximum atomic E-state index is 13.0. The molecule has 2 amide bonds. The molecule has 0 fully saturated rings. The number of nitrogens with zero attached hydrogens (tertiary/aromatic N) is 3. The number of hydrogen-bond donors (Lipinski definition) is 1. The van der Waals surface area contributed by atoms with Gasteiger partial charge in [-0.25, -0.2) is 4.98 Å². The molecular weight excluding hydrogens is 352 g/mol. The smallest absolute Gasteiger partial charge is 0.276 e. The van der Waals surface area contributed by atoms with E-state index in [1.165, 1.54) is 0 Å². The van der Waals surface area contributed by atoms with Crippen LogP contribution in [0, 0.1) is 0 Å². The Morgan fingerprint density at radius 2 is 1.75 bits per heavy atom. The number of benzene rings is 1. The number of nitrogens with one attached hydrogen (secondary N) is 1. The third-order valence-corrected chi connectivity index (χ3v) is 4.76. The van der Waals surface area contributed by atoms with Crippen molar-refractivity contribution in [1.29, 1.82) is 0 Å². The summed E-state index contributed by atoms with van der Waals surface area (Å²) in [5, 5.41) is 2.82. The molecule has 2 aromatic heterocycles. The summed E-state index contributed by atoms with van der Waals surface area (Å²) < 4.78 is 0. The summed E-state index contributed by atoms with van der Waals surface area (Å²) in [6, 6.07) is 16.5. The van der Waals surface area contributed by atoms with E-state index in [1.807, 2.05) is 36.4 Å². The maximum Gasteiger partial charge on any atom is 0.276 e. The zero-order valence-corrected chi connectivity index (χ0v) is 15.3.